The first-order valence-corrected chi connectivity index (χ1v) is 6.00. The average Bonchev–Trinajstić information content (AvgIpc) is 2.96. The SMILES string of the molecule is CC1(c2cccc([N+](=O)[O-])c2)C(CCl)C1C(=O)O. The first-order valence-electron chi connectivity index (χ1n) is 5.46. The first kappa shape index (κ1) is 12.8. The highest BCUT2D eigenvalue weighted by atomic mass is 35.5. The van der Waals surface area contributed by atoms with Crippen molar-refractivity contribution in [3.05, 3.63) is 39.9 Å². The second kappa shape index (κ2) is 4.24. The second-order valence-corrected chi connectivity index (χ2v) is 4.98. The molecule has 0 aromatic heterocycles. The summed E-state index contributed by atoms with van der Waals surface area (Å²) in [5.74, 6) is -1.43. The van der Waals surface area contributed by atoms with Crippen LogP contribution in [0.5, 0.6) is 0 Å². The minimum atomic E-state index is -0.908. The number of hydrogen-bond donors (Lipinski definition) is 1. The van der Waals surface area contributed by atoms with Crippen LogP contribution in [0.4, 0.5) is 5.69 Å². The highest BCUT2D eigenvalue weighted by molar-refractivity contribution is 6.18. The minimum absolute atomic E-state index is 0.0295. The number of benzene rings is 1. The third-order valence-corrected chi connectivity index (χ3v) is 4.15. The van der Waals surface area contributed by atoms with Gasteiger partial charge in [0.05, 0.1) is 10.8 Å². The maximum Gasteiger partial charge on any atom is 0.307 e. The van der Waals surface area contributed by atoms with Gasteiger partial charge in [-0.2, -0.15) is 0 Å². The van der Waals surface area contributed by atoms with Crippen molar-refractivity contribution >= 4 is 23.3 Å². The lowest BCUT2D eigenvalue weighted by atomic mass is 9.93. The van der Waals surface area contributed by atoms with Gasteiger partial charge in [0.15, 0.2) is 0 Å². The van der Waals surface area contributed by atoms with E-state index >= 15 is 0 Å². The topological polar surface area (TPSA) is 80.4 Å². The van der Waals surface area contributed by atoms with Gasteiger partial charge in [0.25, 0.3) is 5.69 Å². The molecule has 1 aliphatic carbocycles. The normalized spacial score (nSPS) is 29.9. The maximum absolute atomic E-state index is 11.1. The van der Waals surface area contributed by atoms with Crippen molar-refractivity contribution in [2.75, 3.05) is 5.88 Å². The van der Waals surface area contributed by atoms with E-state index in [4.69, 9.17) is 16.7 Å². The van der Waals surface area contributed by atoms with E-state index in [2.05, 4.69) is 0 Å². The number of non-ortho nitro benzene ring substituents is 1. The Hall–Kier alpha value is -1.62. The standard InChI is InChI=1S/C12H12ClNO4/c1-12(9(6-13)10(12)11(15)16)7-3-2-4-8(5-7)14(17)18/h2-5,9-10H,6H2,1H3,(H,15,16). The van der Waals surface area contributed by atoms with Crippen LogP contribution in [-0.2, 0) is 10.2 Å². The summed E-state index contributed by atoms with van der Waals surface area (Å²) < 4.78 is 0. The molecule has 6 heteroatoms. The number of halogens is 1. The van der Waals surface area contributed by atoms with E-state index < -0.39 is 22.2 Å². The largest absolute Gasteiger partial charge is 0.481 e. The third-order valence-electron chi connectivity index (χ3n) is 3.82. The van der Waals surface area contributed by atoms with Gasteiger partial charge in [-0.3, -0.25) is 14.9 Å². The van der Waals surface area contributed by atoms with Crippen molar-refractivity contribution in [3.63, 3.8) is 0 Å². The molecule has 5 nitrogen and oxygen atoms in total. The van der Waals surface area contributed by atoms with Crippen LogP contribution in [0.2, 0.25) is 0 Å². The molecule has 1 saturated carbocycles. The Morgan fingerprint density at radius 3 is 2.72 bits per heavy atom. The Morgan fingerprint density at radius 1 is 1.61 bits per heavy atom. The molecule has 0 heterocycles. The highest BCUT2D eigenvalue weighted by Crippen LogP contribution is 2.60. The van der Waals surface area contributed by atoms with Gasteiger partial charge in [-0.15, -0.1) is 11.6 Å². The Kier molecular flexibility index (Phi) is 3.02. The van der Waals surface area contributed by atoms with Crippen molar-refractivity contribution in [2.24, 2.45) is 11.8 Å². The number of nitrogens with zero attached hydrogens (tertiary/aromatic N) is 1. The van der Waals surface area contributed by atoms with Crippen LogP contribution in [0.1, 0.15) is 12.5 Å². The predicted molar refractivity (Wildman–Crippen MR) is 65.8 cm³/mol. The van der Waals surface area contributed by atoms with Crippen molar-refractivity contribution in [2.45, 2.75) is 12.3 Å². The minimum Gasteiger partial charge on any atom is -0.481 e. The number of carboxylic acids is 1. The molecule has 18 heavy (non-hydrogen) atoms. The van der Waals surface area contributed by atoms with Gasteiger partial charge in [0, 0.05) is 23.4 Å². The van der Waals surface area contributed by atoms with Crippen LogP contribution >= 0.6 is 11.6 Å². The van der Waals surface area contributed by atoms with Gasteiger partial charge < -0.3 is 5.11 Å². The van der Waals surface area contributed by atoms with E-state index in [1.807, 2.05) is 0 Å². The van der Waals surface area contributed by atoms with Gasteiger partial charge in [0.1, 0.15) is 0 Å². The molecule has 0 spiro atoms. The molecule has 1 aromatic carbocycles. The molecule has 0 amide bonds. The summed E-state index contributed by atoms with van der Waals surface area (Å²) in [4.78, 5) is 21.4. The smallest absolute Gasteiger partial charge is 0.307 e. The fraction of sp³-hybridized carbons (Fsp3) is 0.417. The van der Waals surface area contributed by atoms with Crippen LogP contribution in [0.25, 0.3) is 0 Å². The summed E-state index contributed by atoms with van der Waals surface area (Å²) in [5.41, 5.74) is 0.0208. The summed E-state index contributed by atoms with van der Waals surface area (Å²) in [6.45, 7) is 1.79. The molecule has 3 atom stereocenters. The molecule has 1 fully saturated rings. The van der Waals surface area contributed by atoms with Gasteiger partial charge in [-0.1, -0.05) is 19.1 Å². The van der Waals surface area contributed by atoms with Crippen molar-refractivity contribution in [1.29, 1.82) is 0 Å². The highest BCUT2D eigenvalue weighted by Gasteiger charge is 2.65. The zero-order chi connectivity index (χ0) is 13.5. The number of nitro benzene ring substituents is 1. The molecule has 0 radical (unpaired) electrons. The Bertz CT molecular complexity index is 519. The van der Waals surface area contributed by atoms with Crippen molar-refractivity contribution < 1.29 is 14.8 Å². The Morgan fingerprint density at radius 2 is 2.28 bits per heavy atom. The van der Waals surface area contributed by atoms with E-state index in [0.717, 1.165) is 0 Å². The molecular weight excluding hydrogens is 258 g/mol. The van der Waals surface area contributed by atoms with Crippen LogP contribution in [0, 0.1) is 22.0 Å². The summed E-state index contributed by atoms with van der Waals surface area (Å²) >= 11 is 5.78. The van der Waals surface area contributed by atoms with Crippen LogP contribution < -0.4 is 0 Å². The summed E-state index contributed by atoms with van der Waals surface area (Å²) in [6, 6.07) is 6.11. The van der Waals surface area contributed by atoms with Gasteiger partial charge in [-0.25, -0.2) is 0 Å². The van der Waals surface area contributed by atoms with E-state index in [9.17, 15) is 14.9 Å². The third kappa shape index (κ3) is 1.75. The van der Waals surface area contributed by atoms with E-state index in [1.54, 1.807) is 19.1 Å². The van der Waals surface area contributed by atoms with Gasteiger partial charge in [-0.05, 0) is 11.5 Å². The molecule has 0 aliphatic heterocycles. The quantitative estimate of drug-likeness (QED) is 0.517. The number of nitro groups is 1. The predicted octanol–water partition coefficient (Wildman–Crippen LogP) is 2.42. The van der Waals surface area contributed by atoms with E-state index in [0.29, 0.717) is 5.56 Å². The zero-order valence-electron chi connectivity index (χ0n) is 9.67. The lowest BCUT2D eigenvalue weighted by molar-refractivity contribution is -0.384. The maximum atomic E-state index is 11.1. The monoisotopic (exact) mass is 269 g/mol. The van der Waals surface area contributed by atoms with E-state index in [-0.39, 0.29) is 17.5 Å². The number of rotatable bonds is 4. The average molecular weight is 270 g/mol. The van der Waals surface area contributed by atoms with Gasteiger partial charge >= 0.3 is 5.97 Å². The molecule has 1 aliphatic rings. The number of carboxylic acid groups (broad SMARTS) is 1. The van der Waals surface area contributed by atoms with Crippen LogP contribution in [0.3, 0.4) is 0 Å². The summed E-state index contributed by atoms with van der Waals surface area (Å²) in [6.07, 6.45) is 0. The Labute approximate surface area is 109 Å². The fourth-order valence-corrected chi connectivity index (χ4v) is 3.13. The first-order chi connectivity index (χ1) is 8.42. The molecule has 3 unspecified atom stereocenters. The number of hydrogen-bond acceptors (Lipinski definition) is 3. The molecular formula is C12H12ClNO4. The molecule has 96 valence electrons. The molecule has 1 aromatic rings. The molecule has 0 saturated heterocycles. The summed E-state index contributed by atoms with van der Waals surface area (Å²) in [7, 11) is 0. The molecule has 0 bridgehead atoms. The number of carbonyl (C=O) groups is 1. The van der Waals surface area contributed by atoms with E-state index in [1.165, 1.54) is 12.1 Å². The fourth-order valence-electron chi connectivity index (χ4n) is 2.63. The lowest BCUT2D eigenvalue weighted by Crippen LogP contribution is -2.11. The zero-order valence-corrected chi connectivity index (χ0v) is 10.4. The van der Waals surface area contributed by atoms with Crippen molar-refractivity contribution in [3.8, 4) is 0 Å². The second-order valence-electron chi connectivity index (χ2n) is 4.67. The summed E-state index contributed by atoms with van der Waals surface area (Å²) in [5, 5.41) is 19.9. The number of aliphatic carboxylic acids is 1. The number of alkyl halides is 1. The Balaban J connectivity index is 2.40. The van der Waals surface area contributed by atoms with Crippen LogP contribution in [0.15, 0.2) is 24.3 Å². The van der Waals surface area contributed by atoms with Crippen LogP contribution in [-0.4, -0.2) is 21.9 Å². The van der Waals surface area contributed by atoms with Gasteiger partial charge in [0.2, 0.25) is 0 Å². The lowest BCUT2D eigenvalue weighted by Gasteiger charge is -2.11. The van der Waals surface area contributed by atoms with Crippen molar-refractivity contribution in [1.82, 2.24) is 0 Å². The molecule has 2 rings (SSSR count). The molecule has 1 N–H and O–H groups in total.